The second-order valence-corrected chi connectivity index (χ2v) is 7.59. The molecule has 0 aliphatic heterocycles. The molecule has 1 amide bonds. The highest BCUT2D eigenvalue weighted by molar-refractivity contribution is 6.30. The van der Waals surface area contributed by atoms with Crippen LogP contribution in [0.2, 0.25) is 5.02 Å². The van der Waals surface area contributed by atoms with E-state index in [-0.39, 0.29) is 23.8 Å². The first-order valence-corrected chi connectivity index (χ1v) is 10.9. The third kappa shape index (κ3) is 11.4. The fourth-order valence-electron chi connectivity index (χ4n) is 2.69. The molecule has 6 N–H and O–H groups in total. The summed E-state index contributed by atoms with van der Waals surface area (Å²) in [5, 5.41) is 16.3. The summed E-state index contributed by atoms with van der Waals surface area (Å²) < 4.78 is 17.5. The van der Waals surface area contributed by atoms with Gasteiger partial charge in [0, 0.05) is 35.3 Å². The van der Waals surface area contributed by atoms with E-state index >= 15 is 0 Å². The van der Waals surface area contributed by atoms with Crippen LogP contribution in [0.1, 0.15) is 33.6 Å². The van der Waals surface area contributed by atoms with Crippen LogP contribution < -0.4 is 11.5 Å². The molecule has 0 fully saturated rings. The Labute approximate surface area is 209 Å². The highest BCUT2D eigenvalue weighted by Gasteiger charge is 2.10. The number of carbonyl (C=O) groups is 1. The second kappa shape index (κ2) is 16.1. The van der Waals surface area contributed by atoms with Gasteiger partial charge in [-0.2, -0.15) is 4.39 Å². The monoisotopic (exact) mass is 500 g/mol. The maximum absolute atomic E-state index is 12.4. The van der Waals surface area contributed by atoms with E-state index in [1.54, 1.807) is 31.5 Å². The van der Waals surface area contributed by atoms with E-state index in [2.05, 4.69) is 11.6 Å². The van der Waals surface area contributed by atoms with Gasteiger partial charge in [0.25, 0.3) is 0 Å². The molecule has 1 atom stereocenters. The van der Waals surface area contributed by atoms with Crippen LogP contribution in [0.3, 0.4) is 0 Å². The number of hydrogen-bond acceptors (Lipinski definition) is 6. The lowest BCUT2D eigenvalue weighted by Gasteiger charge is -2.10. The maximum Gasteiger partial charge on any atom is 0.249 e. The number of pyridine rings is 1. The summed E-state index contributed by atoms with van der Waals surface area (Å²) in [6.07, 6.45) is 3.36. The van der Waals surface area contributed by atoms with Crippen molar-refractivity contribution in [2.24, 2.45) is 11.5 Å². The van der Waals surface area contributed by atoms with Crippen LogP contribution in [0.15, 0.2) is 79.5 Å². The number of carbonyl (C=O) groups excluding carboxylic acids is 1. The van der Waals surface area contributed by atoms with Crippen molar-refractivity contribution in [1.29, 1.82) is 5.41 Å². The number of hydrogen-bond donors (Lipinski definition) is 4. The fourth-order valence-corrected chi connectivity index (χ4v) is 2.82. The van der Waals surface area contributed by atoms with Crippen molar-refractivity contribution >= 4 is 29.2 Å². The second-order valence-electron chi connectivity index (χ2n) is 7.16. The van der Waals surface area contributed by atoms with Crippen LogP contribution in [-0.2, 0) is 11.2 Å². The summed E-state index contributed by atoms with van der Waals surface area (Å²) in [6.45, 7) is 3.66. The molecule has 0 radical (unpaired) electrons. The van der Waals surface area contributed by atoms with Gasteiger partial charge >= 0.3 is 0 Å². The quantitative estimate of drug-likeness (QED) is 0.340. The number of methoxy groups -OCH3 is 1. The van der Waals surface area contributed by atoms with Gasteiger partial charge in [-0.25, -0.2) is 0 Å². The number of aromatic nitrogens is 1. The molecule has 0 aliphatic rings. The summed E-state index contributed by atoms with van der Waals surface area (Å²) in [7, 11) is 1.61. The summed E-state index contributed by atoms with van der Waals surface area (Å²) in [6, 6.07) is 18.9. The average Bonchev–Trinajstić information content (AvgIpc) is 2.86. The van der Waals surface area contributed by atoms with Gasteiger partial charge in [0.1, 0.15) is 0 Å². The van der Waals surface area contributed by atoms with Crippen molar-refractivity contribution in [2.75, 3.05) is 13.7 Å². The van der Waals surface area contributed by atoms with Crippen LogP contribution in [-0.4, -0.2) is 41.8 Å². The Balaban J connectivity index is 0.000000265. The normalized spacial score (nSPS) is 10.6. The number of rotatable bonds is 8. The number of aliphatic hydroxyl groups is 1. The highest BCUT2D eigenvalue weighted by atomic mass is 35.5. The third-order valence-electron chi connectivity index (χ3n) is 4.63. The first-order valence-electron chi connectivity index (χ1n) is 10.6. The molecule has 1 unspecified atom stereocenters. The van der Waals surface area contributed by atoms with E-state index in [4.69, 9.17) is 38.3 Å². The van der Waals surface area contributed by atoms with Gasteiger partial charge in [-0.15, -0.1) is 0 Å². The topological polar surface area (TPSA) is 135 Å². The fraction of sp³-hybridized carbons (Fsp3) is 0.192. The number of benzene rings is 2. The lowest BCUT2D eigenvalue weighted by molar-refractivity contribution is 0.0434. The van der Waals surface area contributed by atoms with Crippen LogP contribution in [0.25, 0.3) is 5.70 Å². The number of nitrogens with two attached hydrogens (primary N) is 2. The molecule has 3 rings (SSSR count). The Morgan fingerprint density at radius 3 is 2.14 bits per heavy atom. The molecule has 0 saturated heterocycles. The van der Waals surface area contributed by atoms with E-state index in [0.717, 1.165) is 24.1 Å². The maximum atomic E-state index is 12.4. The minimum Gasteiger partial charge on any atom is -0.399 e. The molecule has 0 spiro atoms. The minimum absolute atomic E-state index is 0.0324. The third-order valence-corrected chi connectivity index (χ3v) is 4.88. The molecule has 7 nitrogen and oxygen atoms in total. The smallest absolute Gasteiger partial charge is 0.249 e. The van der Waals surface area contributed by atoms with Crippen molar-refractivity contribution in [1.82, 2.24) is 4.98 Å². The first-order chi connectivity index (χ1) is 16.7. The Bertz CT molecular complexity index is 1040. The molecule has 1 heterocycles. The number of nitrogens with zero attached hydrogens (tertiary/aromatic N) is 1. The van der Waals surface area contributed by atoms with Gasteiger partial charge in [0.05, 0.1) is 18.3 Å². The number of halogens is 2. The van der Waals surface area contributed by atoms with Crippen molar-refractivity contribution in [3.63, 3.8) is 0 Å². The van der Waals surface area contributed by atoms with Gasteiger partial charge in [-0.05, 0) is 54.8 Å². The molecule has 0 aliphatic carbocycles. The highest BCUT2D eigenvalue weighted by Crippen LogP contribution is 2.12. The Kier molecular flexibility index (Phi) is 13.5. The van der Waals surface area contributed by atoms with Gasteiger partial charge in [0.2, 0.25) is 11.9 Å². The first kappa shape index (κ1) is 29.4. The lowest BCUT2D eigenvalue weighted by atomic mass is 10.1. The molecule has 2 aromatic carbocycles. The van der Waals surface area contributed by atoms with E-state index in [9.17, 15) is 9.18 Å². The predicted molar refractivity (Wildman–Crippen MR) is 138 cm³/mol. The molecule has 0 saturated carbocycles. The molecule has 9 heteroatoms. The van der Waals surface area contributed by atoms with Crippen LogP contribution in [0.4, 0.5) is 4.39 Å². The molecule has 3 aromatic rings. The van der Waals surface area contributed by atoms with Crippen molar-refractivity contribution in [3.05, 3.63) is 107 Å². The zero-order valence-corrected chi connectivity index (χ0v) is 20.2. The van der Waals surface area contributed by atoms with E-state index in [1.807, 2.05) is 30.3 Å². The van der Waals surface area contributed by atoms with Gasteiger partial charge in [-0.3, -0.25) is 15.2 Å². The van der Waals surface area contributed by atoms with Gasteiger partial charge in [0.15, 0.2) is 0 Å². The van der Waals surface area contributed by atoms with E-state index in [0.29, 0.717) is 10.7 Å². The van der Waals surface area contributed by atoms with Crippen molar-refractivity contribution in [2.45, 2.75) is 18.9 Å². The van der Waals surface area contributed by atoms with Crippen molar-refractivity contribution < 1.29 is 19.0 Å². The summed E-state index contributed by atoms with van der Waals surface area (Å²) in [4.78, 5) is 14.9. The SMILES string of the molecule is C=C(N)c1ccc(Cl)cc1.COC(CO)CCc1ccccn1.N=C(F)c1ccccc1C(N)=O. The Hall–Kier alpha value is -3.59. The number of aryl methyl sites for hydroxylation is 1. The molecule has 1 aromatic heterocycles. The van der Waals surface area contributed by atoms with Crippen LogP contribution in [0, 0.1) is 5.41 Å². The predicted octanol–water partition coefficient (Wildman–Crippen LogP) is 4.37. The summed E-state index contributed by atoms with van der Waals surface area (Å²) >= 11 is 5.65. The average molecular weight is 501 g/mol. The van der Waals surface area contributed by atoms with E-state index in [1.165, 1.54) is 18.2 Å². The number of nitrogens with one attached hydrogen (secondary N) is 1. The van der Waals surface area contributed by atoms with E-state index < -0.39 is 11.9 Å². The van der Waals surface area contributed by atoms with Gasteiger partial charge < -0.3 is 21.3 Å². The van der Waals surface area contributed by atoms with Crippen LogP contribution >= 0.6 is 11.6 Å². The number of amides is 1. The summed E-state index contributed by atoms with van der Waals surface area (Å²) in [5.41, 5.74) is 12.9. The minimum atomic E-state index is -1.15. The largest absolute Gasteiger partial charge is 0.399 e. The molecule has 35 heavy (non-hydrogen) atoms. The van der Waals surface area contributed by atoms with Crippen LogP contribution in [0.5, 0.6) is 0 Å². The standard InChI is InChI=1S/C10H15NO2.C8H8ClN.C8H7FN2O/c1-13-10(8-12)6-5-9-4-2-3-7-11-9;1-6(10)7-2-4-8(9)5-3-7;9-7(10)5-3-1-2-4-6(5)8(11)12/h2-4,7,10,12H,5-6,8H2,1H3;2-5H,1,10H2;1-4,10H,(H2,11,12). The molecular weight excluding hydrogens is 471 g/mol. The number of ether oxygens (including phenoxy) is 1. The zero-order valence-electron chi connectivity index (χ0n) is 19.5. The Morgan fingerprint density at radius 2 is 1.71 bits per heavy atom. The molecule has 186 valence electrons. The summed E-state index contributed by atoms with van der Waals surface area (Å²) in [5.74, 6) is -1.88. The molecular formula is C26H30ClFN4O3. The number of primary amides is 1. The van der Waals surface area contributed by atoms with Crippen molar-refractivity contribution in [3.8, 4) is 0 Å². The molecule has 0 bridgehead atoms. The number of aliphatic hydroxyl groups excluding tert-OH is 1. The Morgan fingerprint density at radius 1 is 1.11 bits per heavy atom. The van der Waals surface area contributed by atoms with Gasteiger partial charge in [-0.1, -0.05) is 48.5 Å². The lowest BCUT2D eigenvalue weighted by Crippen LogP contribution is -2.16. The zero-order chi connectivity index (χ0) is 26.2.